The van der Waals surface area contributed by atoms with Gasteiger partial charge >= 0.3 is 0 Å². The Hall–Kier alpha value is -0.0400. The molecule has 1 heteroatoms. The highest BCUT2D eigenvalue weighted by Crippen LogP contribution is 2.58. The molecule has 3 rings (SSSR count). The Morgan fingerprint density at radius 1 is 0.909 bits per heavy atom. The normalized spacial score (nSPS) is 60.3. The first-order valence-electron chi connectivity index (χ1n) is 5.12. The van der Waals surface area contributed by atoms with Crippen molar-refractivity contribution in [2.75, 3.05) is 0 Å². The molecule has 3 aliphatic rings. The molecule has 11 heavy (non-hydrogen) atoms. The highest BCUT2D eigenvalue weighted by atomic mass is 14.7. The predicted molar refractivity (Wildman–Crippen MR) is 45.0 cm³/mol. The van der Waals surface area contributed by atoms with E-state index in [2.05, 4.69) is 0 Å². The van der Waals surface area contributed by atoms with Gasteiger partial charge in [-0.3, -0.25) is 0 Å². The van der Waals surface area contributed by atoms with Gasteiger partial charge in [0.15, 0.2) is 0 Å². The number of rotatable bonds is 0. The quantitative estimate of drug-likeness (QED) is 0.561. The summed E-state index contributed by atoms with van der Waals surface area (Å²) in [4.78, 5) is 0. The first-order chi connectivity index (χ1) is 5.36. The molecule has 2 N–H and O–H groups in total. The fourth-order valence-corrected chi connectivity index (χ4v) is 4.12. The average Bonchev–Trinajstić information content (AvgIpc) is 2.52. The molecule has 0 spiro atoms. The van der Waals surface area contributed by atoms with Crippen molar-refractivity contribution in [1.29, 1.82) is 0 Å². The van der Waals surface area contributed by atoms with Crippen LogP contribution >= 0.6 is 0 Å². The van der Waals surface area contributed by atoms with Crippen molar-refractivity contribution in [1.82, 2.24) is 0 Å². The van der Waals surface area contributed by atoms with Gasteiger partial charge in [-0.1, -0.05) is 6.42 Å². The van der Waals surface area contributed by atoms with Crippen LogP contribution in [-0.4, -0.2) is 6.04 Å². The SMILES string of the molecule is N[C@@H]1C[C@H]2C[C@@H]1[C@H]1CCC[C@@H]21. The third-order valence-electron chi connectivity index (χ3n) is 4.48. The molecule has 0 aliphatic heterocycles. The van der Waals surface area contributed by atoms with E-state index < -0.39 is 0 Å². The summed E-state index contributed by atoms with van der Waals surface area (Å²) >= 11 is 0. The van der Waals surface area contributed by atoms with Crippen molar-refractivity contribution < 1.29 is 0 Å². The number of hydrogen-bond acceptors (Lipinski definition) is 1. The Labute approximate surface area is 68.3 Å². The van der Waals surface area contributed by atoms with E-state index in [4.69, 9.17) is 5.73 Å². The van der Waals surface area contributed by atoms with Crippen LogP contribution in [-0.2, 0) is 0 Å². The van der Waals surface area contributed by atoms with Crippen molar-refractivity contribution in [2.45, 2.75) is 38.1 Å². The zero-order chi connectivity index (χ0) is 7.42. The van der Waals surface area contributed by atoms with E-state index in [9.17, 15) is 0 Å². The molecule has 2 bridgehead atoms. The number of nitrogens with two attached hydrogens (primary N) is 1. The van der Waals surface area contributed by atoms with Gasteiger partial charge in [-0.2, -0.15) is 0 Å². The van der Waals surface area contributed by atoms with E-state index in [1.807, 2.05) is 0 Å². The molecular formula is C10H17N. The fraction of sp³-hybridized carbons (Fsp3) is 1.00. The molecule has 62 valence electrons. The summed E-state index contributed by atoms with van der Waals surface area (Å²) in [6.45, 7) is 0. The summed E-state index contributed by atoms with van der Waals surface area (Å²) in [5, 5.41) is 0. The van der Waals surface area contributed by atoms with Crippen LogP contribution in [0.25, 0.3) is 0 Å². The molecule has 0 aromatic rings. The third kappa shape index (κ3) is 0.703. The minimum absolute atomic E-state index is 0.583. The van der Waals surface area contributed by atoms with Crippen LogP contribution in [0.3, 0.4) is 0 Å². The summed E-state index contributed by atoms with van der Waals surface area (Å²) in [6, 6.07) is 0.583. The number of fused-ring (bicyclic) bond motifs is 5. The molecular weight excluding hydrogens is 134 g/mol. The van der Waals surface area contributed by atoms with Gasteiger partial charge in [0.1, 0.15) is 0 Å². The van der Waals surface area contributed by atoms with Gasteiger partial charge in [0.2, 0.25) is 0 Å². The van der Waals surface area contributed by atoms with Crippen molar-refractivity contribution in [3.05, 3.63) is 0 Å². The second-order valence-electron chi connectivity index (χ2n) is 4.82. The topological polar surface area (TPSA) is 26.0 Å². The van der Waals surface area contributed by atoms with E-state index in [0.717, 1.165) is 23.7 Å². The fourth-order valence-electron chi connectivity index (χ4n) is 4.12. The lowest BCUT2D eigenvalue weighted by Crippen LogP contribution is -2.34. The highest BCUT2D eigenvalue weighted by molar-refractivity contribution is 5.04. The Kier molecular flexibility index (Phi) is 1.18. The van der Waals surface area contributed by atoms with Crippen LogP contribution < -0.4 is 5.73 Å². The lowest BCUT2D eigenvalue weighted by molar-refractivity contribution is 0.234. The second kappa shape index (κ2) is 2.01. The molecule has 0 amide bonds. The summed E-state index contributed by atoms with van der Waals surface area (Å²) in [7, 11) is 0. The van der Waals surface area contributed by atoms with E-state index in [-0.39, 0.29) is 0 Å². The van der Waals surface area contributed by atoms with Crippen LogP contribution in [0.15, 0.2) is 0 Å². The van der Waals surface area contributed by atoms with Gasteiger partial charge in [0.25, 0.3) is 0 Å². The van der Waals surface area contributed by atoms with E-state index in [1.165, 1.54) is 32.1 Å². The Morgan fingerprint density at radius 3 is 2.64 bits per heavy atom. The molecule has 1 nitrogen and oxygen atoms in total. The maximum Gasteiger partial charge on any atom is 0.00727 e. The van der Waals surface area contributed by atoms with Gasteiger partial charge in [-0.15, -0.1) is 0 Å². The largest absolute Gasteiger partial charge is 0.327 e. The minimum Gasteiger partial charge on any atom is -0.327 e. The van der Waals surface area contributed by atoms with E-state index >= 15 is 0 Å². The van der Waals surface area contributed by atoms with Crippen molar-refractivity contribution >= 4 is 0 Å². The third-order valence-corrected chi connectivity index (χ3v) is 4.48. The average molecular weight is 151 g/mol. The monoisotopic (exact) mass is 151 g/mol. The van der Waals surface area contributed by atoms with Crippen LogP contribution in [0.2, 0.25) is 0 Å². The molecule has 3 aliphatic carbocycles. The summed E-state index contributed by atoms with van der Waals surface area (Å²) in [5.41, 5.74) is 6.08. The molecule has 0 saturated heterocycles. The zero-order valence-electron chi connectivity index (χ0n) is 7.00. The van der Waals surface area contributed by atoms with Crippen LogP contribution in [0.5, 0.6) is 0 Å². The van der Waals surface area contributed by atoms with E-state index in [0.29, 0.717) is 6.04 Å². The Bertz CT molecular complexity index is 178. The highest BCUT2D eigenvalue weighted by Gasteiger charge is 2.52. The Balaban J connectivity index is 1.90. The predicted octanol–water partition coefficient (Wildman–Crippen LogP) is 1.77. The van der Waals surface area contributed by atoms with E-state index in [1.54, 1.807) is 0 Å². The van der Waals surface area contributed by atoms with Gasteiger partial charge in [-0.25, -0.2) is 0 Å². The molecule has 0 aromatic carbocycles. The number of hydrogen-bond donors (Lipinski definition) is 1. The molecule has 0 aromatic heterocycles. The molecule has 5 atom stereocenters. The molecule has 3 fully saturated rings. The standard InChI is InChI=1S/C10H17N/c11-10-5-6-4-9(10)8-3-1-2-7(6)8/h6-10H,1-5,11H2/t6-,7+,8+,9-,10-/m1/s1. The molecule has 0 unspecified atom stereocenters. The maximum absolute atomic E-state index is 6.08. The molecule has 3 saturated carbocycles. The van der Waals surface area contributed by atoms with Gasteiger partial charge < -0.3 is 5.73 Å². The Morgan fingerprint density at radius 2 is 1.73 bits per heavy atom. The molecule has 0 heterocycles. The van der Waals surface area contributed by atoms with Crippen molar-refractivity contribution in [3.63, 3.8) is 0 Å². The van der Waals surface area contributed by atoms with Crippen molar-refractivity contribution in [2.24, 2.45) is 29.4 Å². The first-order valence-corrected chi connectivity index (χ1v) is 5.12. The van der Waals surface area contributed by atoms with Crippen LogP contribution in [0.4, 0.5) is 0 Å². The van der Waals surface area contributed by atoms with Gasteiger partial charge in [-0.05, 0) is 49.4 Å². The van der Waals surface area contributed by atoms with Crippen LogP contribution in [0.1, 0.15) is 32.1 Å². The van der Waals surface area contributed by atoms with Gasteiger partial charge in [0.05, 0.1) is 0 Å². The lowest BCUT2D eigenvalue weighted by atomic mass is 9.79. The maximum atomic E-state index is 6.08. The molecule has 0 radical (unpaired) electrons. The summed E-state index contributed by atoms with van der Waals surface area (Å²) in [5.74, 6) is 4.15. The summed E-state index contributed by atoms with van der Waals surface area (Å²) in [6.07, 6.45) is 7.36. The van der Waals surface area contributed by atoms with Gasteiger partial charge in [0, 0.05) is 6.04 Å². The minimum atomic E-state index is 0.583. The van der Waals surface area contributed by atoms with Crippen LogP contribution in [0, 0.1) is 23.7 Å². The zero-order valence-corrected chi connectivity index (χ0v) is 7.00. The van der Waals surface area contributed by atoms with Crippen molar-refractivity contribution in [3.8, 4) is 0 Å². The second-order valence-corrected chi connectivity index (χ2v) is 4.82. The summed E-state index contributed by atoms with van der Waals surface area (Å²) < 4.78 is 0. The first kappa shape index (κ1) is 6.47. The lowest BCUT2D eigenvalue weighted by Gasteiger charge is -2.28. The smallest absolute Gasteiger partial charge is 0.00727 e.